The van der Waals surface area contributed by atoms with Crippen LogP contribution in [0.3, 0.4) is 0 Å². The third-order valence-corrected chi connectivity index (χ3v) is 4.26. The maximum absolute atomic E-state index is 12.4. The van der Waals surface area contributed by atoms with Crippen LogP contribution in [0.4, 0.5) is 0 Å². The first-order valence-corrected chi connectivity index (χ1v) is 7.18. The molecule has 0 spiro atoms. The average molecular weight is 290 g/mol. The van der Waals surface area contributed by atoms with Crippen LogP contribution in [0.25, 0.3) is 10.9 Å². The zero-order chi connectivity index (χ0) is 15.3. The minimum absolute atomic E-state index is 0.223. The van der Waals surface area contributed by atoms with Crippen LogP contribution in [0.15, 0.2) is 48.5 Å². The minimum Gasteiger partial charge on any atom is -0.357 e. The van der Waals surface area contributed by atoms with Crippen molar-refractivity contribution in [1.29, 1.82) is 0 Å². The van der Waals surface area contributed by atoms with E-state index in [9.17, 15) is 9.59 Å². The Morgan fingerprint density at radius 3 is 2.14 bits per heavy atom. The number of aryl methyl sites for hydroxylation is 1. The Bertz CT molecular complexity index is 889. The number of carbonyl (C=O) groups excluding carboxylic acids is 2. The molecule has 0 radical (unpaired) electrons. The molecule has 0 aliphatic carbocycles. The molecule has 0 saturated carbocycles. The van der Waals surface area contributed by atoms with Crippen molar-refractivity contribution in [3.63, 3.8) is 0 Å². The summed E-state index contributed by atoms with van der Waals surface area (Å²) in [6, 6.07) is 14.9. The topological polar surface area (TPSA) is 53.2 Å². The van der Waals surface area contributed by atoms with Crippen LogP contribution in [0, 0.1) is 6.92 Å². The molecule has 1 aliphatic heterocycles. The second kappa shape index (κ2) is 4.56. The molecule has 108 valence electrons. The van der Waals surface area contributed by atoms with Crippen LogP contribution in [0.1, 0.15) is 32.0 Å². The van der Waals surface area contributed by atoms with Crippen LogP contribution >= 0.6 is 0 Å². The van der Waals surface area contributed by atoms with Gasteiger partial charge in [-0.3, -0.25) is 14.5 Å². The molecule has 0 fully saturated rings. The van der Waals surface area contributed by atoms with Crippen molar-refractivity contribution >= 4 is 22.7 Å². The third-order valence-electron chi connectivity index (χ3n) is 4.26. The number of fused-ring (bicyclic) bond motifs is 2. The summed E-state index contributed by atoms with van der Waals surface area (Å²) in [5, 5.41) is 1.12. The first kappa shape index (κ1) is 12.8. The van der Waals surface area contributed by atoms with E-state index in [1.807, 2.05) is 31.2 Å². The molecule has 2 aromatic carbocycles. The average Bonchev–Trinajstić information content (AvgIpc) is 2.99. The number of carbonyl (C=O) groups is 2. The SMILES string of the molecule is Cc1c(CN2C(=O)c3ccccc3C2=O)[nH]c2ccccc12. The number of nitrogens with one attached hydrogen (secondary N) is 1. The number of para-hydroxylation sites is 1. The summed E-state index contributed by atoms with van der Waals surface area (Å²) in [7, 11) is 0. The minimum atomic E-state index is -0.223. The third kappa shape index (κ3) is 1.70. The van der Waals surface area contributed by atoms with Gasteiger partial charge in [0.15, 0.2) is 0 Å². The van der Waals surface area contributed by atoms with E-state index in [0.717, 1.165) is 22.2 Å². The van der Waals surface area contributed by atoms with Crippen molar-refractivity contribution in [3.8, 4) is 0 Å². The van der Waals surface area contributed by atoms with Crippen LogP contribution in [-0.4, -0.2) is 21.7 Å². The molecule has 1 N–H and O–H groups in total. The van der Waals surface area contributed by atoms with Gasteiger partial charge < -0.3 is 4.98 Å². The van der Waals surface area contributed by atoms with Gasteiger partial charge in [0.25, 0.3) is 11.8 Å². The molecule has 0 atom stereocenters. The van der Waals surface area contributed by atoms with Gasteiger partial charge in [-0.25, -0.2) is 0 Å². The van der Waals surface area contributed by atoms with E-state index in [-0.39, 0.29) is 18.4 Å². The zero-order valence-electron chi connectivity index (χ0n) is 12.1. The standard InChI is InChI=1S/C18H14N2O2/c1-11-12-6-4-5-9-15(12)19-16(11)10-20-17(21)13-7-2-3-8-14(13)18(20)22/h2-9,19H,10H2,1H3. The number of hydrogen-bond acceptors (Lipinski definition) is 2. The van der Waals surface area contributed by atoms with Gasteiger partial charge in [-0.05, 0) is 30.7 Å². The highest BCUT2D eigenvalue weighted by Crippen LogP contribution is 2.27. The normalized spacial score (nSPS) is 14.0. The Morgan fingerprint density at radius 2 is 1.50 bits per heavy atom. The lowest BCUT2D eigenvalue weighted by Crippen LogP contribution is -2.29. The molecular formula is C18H14N2O2. The second-order valence-electron chi connectivity index (χ2n) is 5.52. The molecule has 4 rings (SSSR count). The number of nitrogens with zero attached hydrogens (tertiary/aromatic N) is 1. The predicted octanol–water partition coefficient (Wildman–Crippen LogP) is 3.27. The second-order valence-corrected chi connectivity index (χ2v) is 5.52. The Morgan fingerprint density at radius 1 is 0.909 bits per heavy atom. The van der Waals surface area contributed by atoms with E-state index >= 15 is 0 Å². The Balaban J connectivity index is 1.74. The van der Waals surface area contributed by atoms with Crippen LogP contribution in [0.5, 0.6) is 0 Å². The van der Waals surface area contributed by atoms with Crippen LogP contribution in [-0.2, 0) is 6.54 Å². The van der Waals surface area contributed by atoms with Crippen molar-refractivity contribution < 1.29 is 9.59 Å². The highest BCUT2D eigenvalue weighted by Gasteiger charge is 2.35. The summed E-state index contributed by atoms with van der Waals surface area (Å²) >= 11 is 0. The van der Waals surface area contributed by atoms with Crippen LogP contribution in [0.2, 0.25) is 0 Å². The first-order chi connectivity index (χ1) is 10.7. The zero-order valence-corrected chi connectivity index (χ0v) is 12.1. The number of benzene rings is 2. The van der Waals surface area contributed by atoms with Gasteiger partial charge in [-0.1, -0.05) is 30.3 Å². The number of rotatable bonds is 2. The quantitative estimate of drug-likeness (QED) is 0.736. The van der Waals surface area contributed by atoms with Crippen molar-refractivity contribution in [2.45, 2.75) is 13.5 Å². The van der Waals surface area contributed by atoms with Crippen molar-refractivity contribution in [2.75, 3.05) is 0 Å². The van der Waals surface area contributed by atoms with E-state index in [2.05, 4.69) is 4.98 Å². The summed E-state index contributed by atoms with van der Waals surface area (Å²) in [5.74, 6) is -0.447. The number of H-pyrrole nitrogens is 1. The summed E-state index contributed by atoms with van der Waals surface area (Å²) in [6.07, 6.45) is 0. The number of aromatic nitrogens is 1. The molecule has 1 aromatic heterocycles. The fraction of sp³-hybridized carbons (Fsp3) is 0.111. The molecule has 3 aromatic rings. The first-order valence-electron chi connectivity index (χ1n) is 7.18. The molecule has 1 aliphatic rings. The number of imide groups is 1. The molecule has 4 heteroatoms. The summed E-state index contributed by atoms with van der Waals surface area (Å²) in [4.78, 5) is 29.5. The van der Waals surface area contributed by atoms with Gasteiger partial charge in [0, 0.05) is 16.6 Å². The lowest BCUT2D eigenvalue weighted by Gasteiger charge is -2.13. The van der Waals surface area contributed by atoms with Crippen molar-refractivity contribution in [3.05, 3.63) is 70.9 Å². The van der Waals surface area contributed by atoms with Crippen LogP contribution < -0.4 is 0 Å². The van der Waals surface area contributed by atoms with E-state index < -0.39 is 0 Å². The van der Waals surface area contributed by atoms with Gasteiger partial charge in [-0.2, -0.15) is 0 Å². The highest BCUT2D eigenvalue weighted by atomic mass is 16.2. The summed E-state index contributed by atoms with van der Waals surface area (Å²) in [5.41, 5.74) is 3.97. The predicted molar refractivity (Wildman–Crippen MR) is 83.7 cm³/mol. The van der Waals surface area contributed by atoms with E-state index in [0.29, 0.717) is 11.1 Å². The summed E-state index contributed by atoms with van der Waals surface area (Å²) in [6.45, 7) is 2.28. The molecule has 0 unspecified atom stereocenters. The lowest BCUT2D eigenvalue weighted by atomic mass is 10.1. The van der Waals surface area contributed by atoms with Crippen molar-refractivity contribution in [1.82, 2.24) is 9.88 Å². The van der Waals surface area contributed by atoms with Gasteiger partial charge in [0.1, 0.15) is 0 Å². The highest BCUT2D eigenvalue weighted by molar-refractivity contribution is 6.21. The van der Waals surface area contributed by atoms with Gasteiger partial charge in [-0.15, -0.1) is 0 Å². The van der Waals surface area contributed by atoms with Gasteiger partial charge >= 0.3 is 0 Å². The Kier molecular flexibility index (Phi) is 2.66. The van der Waals surface area contributed by atoms with E-state index in [4.69, 9.17) is 0 Å². The molecule has 2 heterocycles. The molecule has 4 nitrogen and oxygen atoms in total. The number of aromatic amines is 1. The molecule has 22 heavy (non-hydrogen) atoms. The fourth-order valence-corrected chi connectivity index (χ4v) is 3.04. The Labute approximate surface area is 127 Å². The smallest absolute Gasteiger partial charge is 0.261 e. The maximum atomic E-state index is 12.4. The number of amides is 2. The molecule has 0 saturated heterocycles. The van der Waals surface area contributed by atoms with Crippen molar-refractivity contribution in [2.24, 2.45) is 0 Å². The summed E-state index contributed by atoms with van der Waals surface area (Å²) < 4.78 is 0. The molecular weight excluding hydrogens is 276 g/mol. The Hall–Kier alpha value is -2.88. The largest absolute Gasteiger partial charge is 0.357 e. The van der Waals surface area contributed by atoms with E-state index in [1.165, 1.54) is 4.90 Å². The van der Waals surface area contributed by atoms with Gasteiger partial charge in [0.2, 0.25) is 0 Å². The maximum Gasteiger partial charge on any atom is 0.261 e. The fourth-order valence-electron chi connectivity index (χ4n) is 3.04. The number of hydrogen-bond donors (Lipinski definition) is 1. The van der Waals surface area contributed by atoms with E-state index in [1.54, 1.807) is 24.3 Å². The monoisotopic (exact) mass is 290 g/mol. The lowest BCUT2D eigenvalue weighted by molar-refractivity contribution is 0.0640. The van der Waals surface area contributed by atoms with Gasteiger partial charge in [0.05, 0.1) is 17.7 Å². The molecule has 0 bridgehead atoms. The molecule has 2 amide bonds.